The lowest BCUT2D eigenvalue weighted by molar-refractivity contribution is -0.145. The van der Waals surface area contributed by atoms with Crippen molar-refractivity contribution < 1.29 is 19.1 Å². The number of carbonyl (C=O) groups is 2. The molecule has 0 saturated carbocycles. The van der Waals surface area contributed by atoms with Gasteiger partial charge in [-0.25, -0.2) is 4.79 Å². The molecule has 0 aliphatic carbocycles. The molecule has 0 bridgehead atoms. The summed E-state index contributed by atoms with van der Waals surface area (Å²) in [5.74, 6) is 0.0790. The minimum atomic E-state index is -1.08. The highest BCUT2D eigenvalue weighted by Gasteiger charge is 2.52. The minimum absolute atomic E-state index is 0.157. The van der Waals surface area contributed by atoms with Crippen molar-refractivity contribution in [3.05, 3.63) is 65.2 Å². The molecular formula is C23H22N2O4. The molecule has 1 spiro atoms. The maximum atomic E-state index is 13.2. The van der Waals surface area contributed by atoms with Crippen molar-refractivity contribution in [3.8, 4) is 11.8 Å². The molecule has 0 radical (unpaired) electrons. The molecule has 1 amide bonds. The number of carbonyl (C=O) groups excluding carboxylic acids is 2. The van der Waals surface area contributed by atoms with Crippen LogP contribution in [0.4, 0.5) is 0 Å². The largest absolute Gasteiger partial charge is 0.478 e. The SMILES string of the molecule is CC(C)(Oc1ccc(CC#N)cc1)C(=O)N1CCC2(C1)OC(=O)c1ccccc12. The highest BCUT2D eigenvalue weighted by molar-refractivity contribution is 5.95. The van der Waals surface area contributed by atoms with Crippen LogP contribution in [0.5, 0.6) is 5.75 Å². The summed E-state index contributed by atoms with van der Waals surface area (Å²) in [5.41, 5.74) is 0.483. The van der Waals surface area contributed by atoms with Gasteiger partial charge in [-0.05, 0) is 37.6 Å². The zero-order valence-corrected chi connectivity index (χ0v) is 16.5. The van der Waals surface area contributed by atoms with Crippen molar-refractivity contribution in [1.29, 1.82) is 5.26 Å². The Hall–Kier alpha value is -3.33. The van der Waals surface area contributed by atoms with Gasteiger partial charge in [-0.3, -0.25) is 4.79 Å². The lowest BCUT2D eigenvalue weighted by atomic mass is 9.91. The summed E-state index contributed by atoms with van der Waals surface area (Å²) in [6.45, 7) is 4.28. The van der Waals surface area contributed by atoms with E-state index < -0.39 is 11.2 Å². The van der Waals surface area contributed by atoms with Crippen LogP contribution in [0.1, 0.15) is 41.8 Å². The monoisotopic (exact) mass is 390 g/mol. The second-order valence-electron chi connectivity index (χ2n) is 8.00. The number of esters is 1. The minimum Gasteiger partial charge on any atom is -0.478 e. The third-order valence-corrected chi connectivity index (χ3v) is 5.54. The Balaban J connectivity index is 1.49. The first-order valence-electron chi connectivity index (χ1n) is 9.62. The van der Waals surface area contributed by atoms with Crippen molar-refractivity contribution in [2.75, 3.05) is 13.1 Å². The molecule has 2 aliphatic heterocycles. The van der Waals surface area contributed by atoms with Crippen LogP contribution >= 0.6 is 0 Å². The third kappa shape index (κ3) is 3.33. The second-order valence-corrected chi connectivity index (χ2v) is 8.00. The molecule has 6 heteroatoms. The second kappa shape index (κ2) is 6.93. The number of amides is 1. The summed E-state index contributed by atoms with van der Waals surface area (Å²) in [7, 11) is 0. The van der Waals surface area contributed by atoms with Gasteiger partial charge >= 0.3 is 5.97 Å². The predicted octanol–water partition coefficient (Wildman–Crippen LogP) is 3.21. The molecule has 2 aromatic rings. The Morgan fingerprint density at radius 3 is 2.69 bits per heavy atom. The molecule has 0 N–H and O–H groups in total. The fourth-order valence-corrected chi connectivity index (χ4v) is 4.09. The van der Waals surface area contributed by atoms with E-state index in [1.165, 1.54) is 0 Å². The van der Waals surface area contributed by atoms with Crippen molar-refractivity contribution in [1.82, 2.24) is 4.90 Å². The first-order chi connectivity index (χ1) is 13.8. The van der Waals surface area contributed by atoms with Crippen LogP contribution in [0, 0.1) is 11.3 Å². The molecule has 1 fully saturated rings. The molecule has 148 valence electrons. The van der Waals surface area contributed by atoms with Crippen LogP contribution < -0.4 is 4.74 Å². The molecule has 2 aromatic carbocycles. The summed E-state index contributed by atoms with van der Waals surface area (Å²) in [5, 5.41) is 8.77. The van der Waals surface area contributed by atoms with E-state index in [1.807, 2.05) is 30.3 Å². The van der Waals surface area contributed by atoms with E-state index >= 15 is 0 Å². The van der Waals surface area contributed by atoms with Gasteiger partial charge in [0.15, 0.2) is 11.2 Å². The third-order valence-electron chi connectivity index (χ3n) is 5.54. The highest BCUT2D eigenvalue weighted by atomic mass is 16.6. The lowest BCUT2D eigenvalue weighted by Gasteiger charge is -2.31. The smallest absolute Gasteiger partial charge is 0.339 e. The fraction of sp³-hybridized carbons (Fsp3) is 0.348. The number of likely N-dealkylation sites (tertiary alicyclic amines) is 1. The molecule has 2 heterocycles. The van der Waals surface area contributed by atoms with E-state index in [1.54, 1.807) is 36.9 Å². The molecule has 1 atom stereocenters. The van der Waals surface area contributed by atoms with E-state index in [-0.39, 0.29) is 11.9 Å². The number of rotatable bonds is 4. The molecular weight excluding hydrogens is 368 g/mol. The van der Waals surface area contributed by atoms with Crippen molar-refractivity contribution in [3.63, 3.8) is 0 Å². The number of ether oxygens (including phenoxy) is 2. The van der Waals surface area contributed by atoms with Crippen LogP contribution in [-0.2, 0) is 21.6 Å². The van der Waals surface area contributed by atoms with E-state index in [0.29, 0.717) is 37.2 Å². The summed E-state index contributed by atoms with van der Waals surface area (Å²) in [4.78, 5) is 27.1. The summed E-state index contributed by atoms with van der Waals surface area (Å²) >= 11 is 0. The molecule has 1 saturated heterocycles. The maximum Gasteiger partial charge on any atom is 0.339 e. The molecule has 1 unspecified atom stereocenters. The van der Waals surface area contributed by atoms with Gasteiger partial charge in [0.05, 0.1) is 24.6 Å². The Kier molecular flexibility index (Phi) is 4.54. The summed E-state index contributed by atoms with van der Waals surface area (Å²) in [6, 6.07) is 16.6. The van der Waals surface area contributed by atoms with Gasteiger partial charge in [0.1, 0.15) is 5.75 Å². The van der Waals surface area contributed by atoms with Crippen LogP contribution in [0.3, 0.4) is 0 Å². The van der Waals surface area contributed by atoms with Gasteiger partial charge in [0.2, 0.25) is 0 Å². The van der Waals surface area contributed by atoms with Crippen molar-refractivity contribution in [2.24, 2.45) is 0 Å². The number of nitrogens with zero attached hydrogens (tertiary/aromatic N) is 2. The Labute approximate surface area is 169 Å². The topological polar surface area (TPSA) is 79.6 Å². The van der Waals surface area contributed by atoms with Gasteiger partial charge in [0.25, 0.3) is 5.91 Å². The van der Waals surface area contributed by atoms with Crippen LogP contribution in [0.15, 0.2) is 48.5 Å². The zero-order valence-electron chi connectivity index (χ0n) is 16.5. The number of hydrogen-bond acceptors (Lipinski definition) is 5. The summed E-state index contributed by atoms with van der Waals surface area (Å²) < 4.78 is 11.7. The predicted molar refractivity (Wildman–Crippen MR) is 105 cm³/mol. The number of fused-ring (bicyclic) bond motifs is 2. The van der Waals surface area contributed by atoms with E-state index in [0.717, 1.165) is 11.1 Å². The van der Waals surface area contributed by atoms with Gasteiger partial charge in [0, 0.05) is 18.5 Å². The van der Waals surface area contributed by atoms with Gasteiger partial charge < -0.3 is 14.4 Å². The van der Waals surface area contributed by atoms with Gasteiger partial charge in [-0.2, -0.15) is 5.26 Å². The number of nitriles is 1. The highest BCUT2D eigenvalue weighted by Crippen LogP contribution is 2.43. The normalized spacial score (nSPS) is 20.3. The lowest BCUT2D eigenvalue weighted by Crippen LogP contribution is -2.49. The Morgan fingerprint density at radius 2 is 1.97 bits per heavy atom. The van der Waals surface area contributed by atoms with E-state index in [2.05, 4.69) is 6.07 Å². The average Bonchev–Trinajstić information content (AvgIpc) is 3.25. The molecule has 29 heavy (non-hydrogen) atoms. The Morgan fingerprint density at radius 1 is 1.24 bits per heavy atom. The number of hydrogen-bond donors (Lipinski definition) is 0. The zero-order chi connectivity index (χ0) is 20.6. The quantitative estimate of drug-likeness (QED) is 0.749. The summed E-state index contributed by atoms with van der Waals surface area (Å²) in [6.07, 6.45) is 0.902. The van der Waals surface area contributed by atoms with Crippen LogP contribution in [0.2, 0.25) is 0 Å². The van der Waals surface area contributed by atoms with Crippen molar-refractivity contribution in [2.45, 2.75) is 37.9 Å². The first kappa shape index (κ1) is 19.0. The van der Waals surface area contributed by atoms with Crippen LogP contribution in [0.25, 0.3) is 0 Å². The van der Waals surface area contributed by atoms with E-state index in [9.17, 15) is 9.59 Å². The Bertz CT molecular complexity index is 1010. The standard InChI is InChI=1S/C23H22N2O4/c1-22(2,28-17-9-7-16(8-10-17)11-13-24)21(27)25-14-12-23(15-25)19-6-4-3-5-18(19)20(26)29-23/h3-10H,11-12,14-15H2,1-2H3. The molecule has 2 aliphatic rings. The molecule has 6 nitrogen and oxygen atoms in total. The van der Waals surface area contributed by atoms with Crippen molar-refractivity contribution >= 4 is 11.9 Å². The molecule has 4 rings (SSSR count). The van der Waals surface area contributed by atoms with Gasteiger partial charge in [-0.15, -0.1) is 0 Å². The average molecular weight is 390 g/mol. The van der Waals surface area contributed by atoms with E-state index in [4.69, 9.17) is 14.7 Å². The fourth-order valence-electron chi connectivity index (χ4n) is 4.09. The maximum absolute atomic E-state index is 13.2. The number of benzene rings is 2. The first-order valence-corrected chi connectivity index (χ1v) is 9.62. The molecule has 0 aromatic heterocycles. The van der Waals surface area contributed by atoms with Gasteiger partial charge in [-0.1, -0.05) is 30.3 Å². The van der Waals surface area contributed by atoms with Crippen LogP contribution in [-0.4, -0.2) is 35.5 Å².